The van der Waals surface area contributed by atoms with Crippen LogP contribution in [0.1, 0.15) is 21.8 Å². The average molecular weight is 335 g/mol. The van der Waals surface area contributed by atoms with Crippen molar-refractivity contribution < 1.29 is 23.7 Å². The zero-order valence-corrected chi connectivity index (χ0v) is 13.3. The maximum atomic E-state index is 12.3. The van der Waals surface area contributed by atoms with E-state index in [4.69, 9.17) is 14.0 Å². The van der Waals surface area contributed by atoms with Gasteiger partial charge in [0.2, 0.25) is 0 Å². The largest absolute Gasteiger partial charge is 0.455 e. The second-order valence-electron chi connectivity index (χ2n) is 4.91. The standard InChI is InChI=1S/C15H17N3O6/c1-10-7-11(17-24-10)9-23-15(19)13-8-12(18(20)21)3-4-14(13)16-5-6-22-2/h3-4,7-8,16H,5-6,9H2,1-2H3. The highest BCUT2D eigenvalue weighted by atomic mass is 16.6. The highest BCUT2D eigenvalue weighted by Gasteiger charge is 2.18. The molecule has 0 aliphatic rings. The molecule has 0 aliphatic carbocycles. The van der Waals surface area contributed by atoms with Crippen molar-refractivity contribution in [3.05, 3.63) is 51.4 Å². The zero-order chi connectivity index (χ0) is 17.5. The number of benzene rings is 1. The van der Waals surface area contributed by atoms with Crippen LogP contribution in [0.15, 0.2) is 28.8 Å². The van der Waals surface area contributed by atoms with Gasteiger partial charge in [-0.2, -0.15) is 0 Å². The smallest absolute Gasteiger partial charge is 0.340 e. The van der Waals surface area contributed by atoms with E-state index in [9.17, 15) is 14.9 Å². The molecular weight excluding hydrogens is 318 g/mol. The summed E-state index contributed by atoms with van der Waals surface area (Å²) in [6.45, 7) is 2.49. The summed E-state index contributed by atoms with van der Waals surface area (Å²) in [5, 5.41) is 17.6. The van der Waals surface area contributed by atoms with Crippen molar-refractivity contribution in [3.63, 3.8) is 0 Å². The number of non-ortho nitro benzene ring substituents is 1. The lowest BCUT2D eigenvalue weighted by Crippen LogP contribution is -2.13. The number of aromatic nitrogens is 1. The van der Waals surface area contributed by atoms with Crippen molar-refractivity contribution in [1.29, 1.82) is 0 Å². The summed E-state index contributed by atoms with van der Waals surface area (Å²) in [7, 11) is 1.55. The second-order valence-corrected chi connectivity index (χ2v) is 4.91. The maximum Gasteiger partial charge on any atom is 0.340 e. The first kappa shape index (κ1) is 17.4. The van der Waals surface area contributed by atoms with E-state index < -0.39 is 10.9 Å². The summed E-state index contributed by atoms with van der Waals surface area (Å²) in [5.74, 6) is -0.0995. The normalized spacial score (nSPS) is 10.4. The van der Waals surface area contributed by atoms with Crippen LogP contribution in [0.2, 0.25) is 0 Å². The predicted molar refractivity (Wildman–Crippen MR) is 83.8 cm³/mol. The maximum absolute atomic E-state index is 12.3. The van der Waals surface area contributed by atoms with Gasteiger partial charge in [-0.15, -0.1) is 0 Å². The lowest BCUT2D eigenvalue weighted by molar-refractivity contribution is -0.384. The lowest BCUT2D eigenvalue weighted by atomic mass is 10.1. The summed E-state index contributed by atoms with van der Waals surface area (Å²) in [6, 6.07) is 5.58. The van der Waals surface area contributed by atoms with Crippen LogP contribution in [0.3, 0.4) is 0 Å². The highest BCUT2D eigenvalue weighted by Crippen LogP contribution is 2.23. The Labute approximate surface area is 137 Å². The van der Waals surface area contributed by atoms with Gasteiger partial charge < -0.3 is 19.3 Å². The van der Waals surface area contributed by atoms with Gasteiger partial charge in [-0.3, -0.25) is 10.1 Å². The van der Waals surface area contributed by atoms with Crippen LogP contribution in [0.5, 0.6) is 0 Å². The Morgan fingerprint density at radius 2 is 2.21 bits per heavy atom. The number of anilines is 1. The topological polar surface area (TPSA) is 117 Å². The molecule has 0 amide bonds. The summed E-state index contributed by atoms with van der Waals surface area (Å²) in [6.07, 6.45) is 0. The first-order chi connectivity index (χ1) is 11.5. The molecule has 1 aromatic carbocycles. The number of esters is 1. The Morgan fingerprint density at radius 1 is 1.42 bits per heavy atom. The predicted octanol–water partition coefficient (Wildman–Crippen LogP) is 2.31. The number of carbonyl (C=O) groups excluding carboxylic acids is 1. The molecule has 2 rings (SSSR count). The Hall–Kier alpha value is -2.94. The van der Waals surface area contributed by atoms with E-state index in [1.807, 2.05) is 0 Å². The van der Waals surface area contributed by atoms with Crippen molar-refractivity contribution in [2.45, 2.75) is 13.5 Å². The molecule has 24 heavy (non-hydrogen) atoms. The molecule has 0 saturated heterocycles. The minimum absolute atomic E-state index is 0.0699. The van der Waals surface area contributed by atoms with Gasteiger partial charge in [-0.05, 0) is 13.0 Å². The number of rotatable bonds is 8. The number of hydrogen-bond donors (Lipinski definition) is 1. The SMILES string of the molecule is COCCNc1ccc([N+](=O)[O-])cc1C(=O)OCc1cc(C)on1. The number of hydrogen-bond acceptors (Lipinski definition) is 8. The van der Waals surface area contributed by atoms with E-state index in [0.717, 1.165) is 0 Å². The fraction of sp³-hybridized carbons (Fsp3) is 0.333. The molecule has 0 unspecified atom stereocenters. The van der Waals surface area contributed by atoms with Crippen molar-refractivity contribution >= 4 is 17.3 Å². The molecular formula is C15H17N3O6. The van der Waals surface area contributed by atoms with Crippen molar-refractivity contribution in [2.24, 2.45) is 0 Å². The van der Waals surface area contributed by atoms with E-state index in [0.29, 0.717) is 30.3 Å². The lowest BCUT2D eigenvalue weighted by Gasteiger charge is -2.11. The molecule has 9 nitrogen and oxygen atoms in total. The molecule has 0 atom stereocenters. The Morgan fingerprint density at radius 3 is 2.83 bits per heavy atom. The van der Waals surface area contributed by atoms with Crippen LogP contribution in [0.25, 0.3) is 0 Å². The van der Waals surface area contributed by atoms with Gasteiger partial charge in [0.1, 0.15) is 18.1 Å². The minimum Gasteiger partial charge on any atom is -0.455 e. The Balaban J connectivity index is 2.15. The monoisotopic (exact) mass is 335 g/mol. The first-order valence-corrected chi connectivity index (χ1v) is 7.12. The van der Waals surface area contributed by atoms with E-state index in [-0.39, 0.29) is 17.9 Å². The molecule has 0 radical (unpaired) electrons. The number of methoxy groups -OCH3 is 1. The van der Waals surface area contributed by atoms with E-state index in [1.165, 1.54) is 18.2 Å². The zero-order valence-electron chi connectivity index (χ0n) is 13.3. The van der Waals surface area contributed by atoms with Crippen molar-refractivity contribution in [1.82, 2.24) is 5.16 Å². The number of nitrogens with zero attached hydrogens (tertiary/aromatic N) is 2. The van der Waals surface area contributed by atoms with Crippen LogP contribution < -0.4 is 5.32 Å². The van der Waals surface area contributed by atoms with Gasteiger partial charge in [0.15, 0.2) is 0 Å². The van der Waals surface area contributed by atoms with Crippen LogP contribution in [-0.2, 0) is 16.1 Å². The van der Waals surface area contributed by atoms with Crippen LogP contribution >= 0.6 is 0 Å². The Kier molecular flexibility index (Phi) is 5.85. The molecule has 0 bridgehead atoms. The fourth-order valence-corrected chi connectivity index (χ4v) is 1.96. The molecule has 2 aromatic rings. The van der Waals surface area contributed by atoms with Gasteiger partial charge >= 0.3 is 5.97 Å². The third-order valence-electron chi connectivity index (χ3n) is 3.08. The molecule has 1 aromatic heterocycles. The minimum atomic E-state index is -0.695. The van der Waals surface area contributed by atoms with E-state index in [1.54, 1.807) is 20.1 Å². The number of nitro groups is 1. The summed E-state index contributed by atoms with van der Waals surface area (Å²) < 4.78 is 15.0. The summed E-state index contributed by atoms with van der Waals surface area (Å²) in [4.78, 5) is 22.6. The quantitative estimate of drug-likeness (QED) is 0.338. The number of nitro benzene ring substituents is 1. The number of nitrogens with one attached hydrogen (secondary N) is 1. The van der Waals surface area contributed by atoms with E-state index in [2.05, 4.69) is 10.5 Å². The highest BCUT2D eigenvalue weighted by molar-refractivity contribution is 5.96. The Bertz CT molecular complexity index is 728. The summed E-state index contributed by atoms with van der Waals surface area (Å²) >= 11 is 0. The van der Waals surface area contributed by atoms with Crippen molar-refractivity contribution in [2.75, 3.05) is 25.6 Å². The third kappa shape index (κ3) is 4.53. The summed E-state index contributed by atoms with van der Waals surface area (Å²) in [5.41, 5.74) is 0.760. The fourth-order valence-electron chi connectivity index (χ4n) is 1.96. The van der Waals surface area contributed by atoms with Crippen LogP contribution in [0.4, 0.5) is 11.4 Å². The molecule has 128 valence electrons. The molecule has 0 aliphatic heterocycles. The van der Waals surface area contributed by atoms with Crippen molar-refractivity contribution in [3.8, 4) is 0 Å². The number of ether oxygens (including phenoxy) is 2. The average Bonchev–Trinajstić information content (AvgIpc) is 2.98. The molecule has 0 saturated carbocycles. The number of aryl methyl sites for hydroxylation is 1. The van der Waals surface area contributed by atoms with Gasteiger partial charge in [-0.25, -0.2) is 4.79 Å². The van der Waals surface area contributed by atoms with Crippen LogP contribution in [-0.4, -0.2) is 36.3 Å². The molecule has 0 spiro atoms. The number of carbonyl (C=O) groups is 1. The van der Waals surface area contributed by atoms with Gasteiger partial charge in [0, 0.05) is 37.5 Å². The third-order valence-corrected chi connectivity index (χ3v) is 3.08. The molecule has 1 heterocycles. The van der Waals surface area contributed by atoms with E-state index >= 15 is 0 Å². The van der Waals surface area contributed by atoms with Gasteiger partial charge in [-0.1, -0.05) is 5.16 Å². The molecule has 1 N–H and O–H groups in total. The first-order valence-electron chi connectivity index (χ1n) is 7.12. The second kappa shape index (κ2) is 8.06. The van der Waals surface area contributed by atoms with Crippen LogP contribution in [0, 0.1) is 17.0 Å². The molecule has 9 heteroatoms. The molecule has 0 fully saturated rings. The van der Waals surface area contributed by atoms with Gasteiger partial charge in [0.25, 0.3) is 5.69 Å². The van der Waals surface area contributed by atoms with Gasteiger partial charge in [0.05, 0.1) is 17.1 Å².